The maximum atomic E-state index is 13.1. The molecular formula is C17H17F3N2O3. The van der Waals surface area contributed by atoms with E-state index in [0.29, 0.717) is 16.8 Å². The molecule has 0 spiro atoms. The second-order valence-corrected chi connectivity index (χ2v) is 6.09. The van der Waals surface area contributed by atoms with Crippen molar-refractivity contribution in [3.8, 4) is 0 Å². The number of hydrogen-bond acceptors (Lipinski definition) is 4. The molecule has 1 heterocycles. The molecule has 3 rings (SSSR count). The molecule has 1 aliphatic heterocycles. The van der Waals surface area contributed by atoms with E-state index < -0.39 is 30.8 Å². The Balaban J connectivity index is 2.11. The molecule has 2 aliphatic rings. The number of rotatable bonds is 3. The highest BCUT2D eigenvalue weighted by atomic mass is 19.4. The number of allylic oxidation sites excluding steroid dienone is 1. The Kier molecular flexibility index (Phi) is 4.12. The second kappa shape index (κ2) is 5.89. The van der Waals surface area contributed by atoms with Crippen LogP contribution in [0.3, 0.4) is 0 Å². The molecular weight excluding hydrogens is 337 g/mol. The summed E-state index contributed by atoms with van der Waals surface area (Å²) in [4.78, 5) is 11.5. The van der Waals surface area contributed by atoms with Gasteiger partial charge in [0.05, 0.1) is 17.3 Å². The Morgan fingerprint density at radius 1 is 1.28 bits per heavy atom. The lowest BCUT2D eigenvalue weighted by Crippen LogP contribution is -2.46. The van der Waals surface area contributed by atoms with Crippen LogP contribution in [0.1, 0.15) is 31.1 Å². The molecule has 0 bridgehead atoms. The maximum Gasteiger partial charge on any atom is 0.403 e. The Hall–Kier alpha value is -2.32. The van der Waals surface area contributed by atoms with Crippen LogP contribution in [-0.2, 0) is 4.79 Å². The average molecular weight is 354 g/mol. The number of halogens is 3. The molecule has 0 fully saturated rings. The van der Waals surface area contributed by atoms with Gasteiger partial charge >= 0.3 is 12.1 Å². The Morgan fingerprint density at radius 2 is 1.92 bits per heavy atom. The lowest BCUT2D eigenvalue weighted by atomic mass is 10.1. The highest BCUT2D eigenvalue weighted by Gasteiger charge is 2.45. The molecule has 134 valence electrons. The number of carbonyl (C=O) groups is 1. The third-order valence-electron chi connectivity index (χ3n) is 4.50. The largest absolute Gasteiger partial charge is 0.478 e. The van der Waals surface area contributed by atoms with Crippen molar-refractivity contribution in [2.24, 2.45) is 0 Å². The SMILES string of the molecule is CC1=C(C(=O)O)C(C)N(CC(F)(F)F)N1C1=CC(O)c2ccccc21. The number of benzene rings is 1. The predicted octanol–water partition coefficient (Wildman–Crippen LogP) is 2.92. The molecule has 0 radical (unpaired) electrons. The van der Waals surface area contributed by atoms with Crippen molar-refractivity contribution in [3.05, 3.63) is 52.7 Å². The lowest BCUT2D eigenvalue weighted by Gasteiger charge is -2.35. The molecule has 2 unspecified atom stereocenters. The molecule has 0 amide bonds. The van der Waals surface area contributed by atoms with Gasteiger partial charge in [0.1, 0.15) is 12.6 Å². The molecule has 0 saturated carbocycles. The van der Waals surface area contributed by atoms with Gasteiger partial charge in [0.15, 0.2) is 0 Å². The topological polar surface area (TPSA) is 64.0 Å². The van der Waals surface area contributed by atoms with E-state index in [4.69, 9.17) is 0 Å². The van der Waals surface area contributed by atoms with Crippen LogP contribution >= 0.6 is 0 Å². The fourth-order valence-corrected chi connectivity index (χ4v) is 3.48. The normalized spacial score (nSPS) is 23.9. The number of alkyl halides is 3. The van der Waals surface area contributed by atoms with Crippen molar-refractivity contribution in [1.29, 1.82) is 0 Å². The zero-order chi connectivity index (χ0) is 18.5. The van der Waals surface area contributed by atoms with E-state index in [0.717, 1.165) is 5.01 Å². The summed E-state index contributed by atoms with van der Waals surface area (Å²) in [7, 11) is 0. The first-order valence-corrected chi connectivity index (χ1v) is 7.68. The van der Waals surface area contributed by atoms with Gasteiger partial charge in [-0.05, 0) is 25.5 Å². The monoisotopic (exact) mass is 354 g/mol. The minimum atomic E-state index is -4.50. The third-order valence-corrected chi connectivity index (χ3v) is 4.50. The van der Waals surface area contributed by atoms with Crippen molar-refractivity contribution in [2.75, 3.05) is 6.54 Å². The van der Waals surface area contributed by atoms with Gasteiger partial charge in [-0.15, -0.1) is 0 Å². The molecule has 1 aromatic carbocycles. The maximum absolute atomic E-state index is 13.1. The first-order valence-electron chi connectivity index (χ1n) is 7.68. The Labute approximate surface area is 142 Å². The van der Waals surface area contributed by atoms with E-state index in [1.807, 2.05) is 0 Å². The van der Waals surface area contributed by atoms with Crippen molar-refractivity contribution in [1.82, 2.24) is 10.0 Å². The molecule has 2 N–H and O–H groups in total. The average Bonchev–Trinajstić information content (AvgIpc) is 2.94. The summed E-state index contributed by atoms with van der Waals surface area (Å²) in [5, 5.41) is 21.8. The fourth-order valence-electron chi connectivity index (χ4n) is 3.48. The molecule has 2 atom stereocenters. The van der Waals surface area contributed by atoms with Gasteiger partial charge in [0.25, 0.3) is 0 Å². The minimum absolute atomic E-state index is 0.0935. The summed E-state index contributed by atoms with van der Waals surface area (Å²) < 4.78 is 39.2. The van der Waals surface area contributed by atoms with Gasteiger partial charge in [0.2, 0.25) is 0 Å². The van der Waals surface area contributed by atoms with Gasteiger partial charge in [-0.3, -0.25) is 5.01 Å². The number of aliphatic carboxylic acids is 1. The Bertz CT molecular complexity index is 786. The van der Waals surface area contributed by atoms with E-state index in [2.05, 4.69) is 0 Å². The summed E-state index contributed by atoms with van der Waals surface area (Å²) >= 11 is 0. The number of aliphatic hydroxyl groups is 1. The second-order valence-electron chi connectivity index (χ2n) is 6.09. The van der Waals surface area contributed by atoms with Crippen LogP contribution in [0.5, 0.6) is 0 Å². The van der Waals surface area contributed by atoms with Gasteiger partial charge in [-0.2, -0.15) is 18.2 Å². The van der Waals surface area contributed by atoms with Crippen molar-refractivity contribution in [3.63, 3.8) is 0 Å². The standard InChI is InChI=1S/C17H17F3N2O3/c1-9-15(16(24)25)10(2)22(21(9)8-17(18,19)20)13-7-14(23)12-6-4-3-5-11(12)13/h3-7,9,14,23H,8H2,1-2H3,(H,24,25). The van der Waals surface area contributed by atoms with Gasteiger partial charge in [-0.25, -0.2) is 4.79 Å². The summed E-state index contributed by atoms with van der Waals surface area (Å²) in [6, 6.07) is 5.87. The summed E-state index contributed by atoms with van der Waals surface area (Å²) in [6.07, 6.45) is -4.01. The number of nitrogens with zero attached hydrogens (tertiary/aromatic N) is 2. The molecule has 0 saturated heterocycles. The van der Waals surface area contributed by atoms with E-state index in [9.17, 15) is 28.2 Å². The van der Waals surface area contributed by atoms with Crippen LogP contribution in [0, 0.1) is 0 Å². The summed E-state index contributed by atoms with van der Waals surface area (Å²) in [5.74, 6) is -1.26. The van der Waals surface area contributed by atoms with Crippen LogP contribution in [0.4, 0.5) is 13.2 Å². The van der Waals surface area contributed by atoms with E-state index in [-0.39, 0.29) is 11.3 Å². The number of hydrogen-bond donors (Lipinski definition) is 2. The highest BCUT2D eigenvalue weighted by Crippen LogP contribution is 2.43. The number of carboxylic acid groups (broad SMARTS) is 1. The zero-order valence-corrected chi connectivity index (χ0v) is 13.6. The quantitative estimate of drug-likeness (QED) is 0.874. The molecule has 1 aliphatic carbocycles. The predicted molar refractivity (Wildman–Crippen MR) is 83.8 cm³/mol. The van der Waals surface area contributed by atoms with Crippen molar-refractivity contribution < 1.29 is 28.2 Å². The van der Waals surface area contributed by atoms with Crippen molar-refractivity contribution in [2.45, 2.75) is 32.2 Å². The zero-order valence-electron chi connectivity index (χ0n) is 13.6. The van der Waals surface area contributed by atoms with Gasteiger partial charge in [0, 0.05) is 11.3 Å². The van der Waals surface area contributed by atoms with Crippen LogP contribution in [0.2, 0.25) is 0 Å². The Morgan fingerprint density at radius 3 is 2.52 bits per heavy atom. The van der Waals surface area contributed by atoms with Gasteiger partial charge < -0.3 is 10.2 Å². The number of fused-ring (bicyclic) bond motifs is 1. The van der Waals surface area contributed by atoms with E-state index in [1.54, 1.807) is 24.3 Å². The van der Waals surface area contributed by atoms with E-state index >= 15 is 0 Å². The molecule has 1 aromatic rings. The third kappa shape index (κ3) is 2.91. The smallest absolute Gasteiger partial charge is 0.403 e. The van der Waals surface area contributed by atoms with Crippen LogP contribution in [0.25, 0.3) is 5.70 Å². The fraction of sp³-hybridized carbons (Fsp3) is 0.353. The van der Waals surface area contributed by atoms with Crippen LogP contribution in [-0.4, -0.2) is 45.0 Å². The number of hydrazine groups is 1. The molecule has 0 aromatic heterocycles. The molecule has 5 nitrogen and oxygen atoms in total. The number of aliphatic hydroxyl groups excluding tert-OH is 1. The minimum Gasteiger partial charge on any atom is -0.478 e. The molecule has 8 heteroatoms. The van der Waals surface area contributed by atoms with Gasteiger partial charge in [-0.1, -0.05) is 24.3 Å². The highest BCUT2D eigenvalue weighted by molar-refractivity contribution is 5.90. The lowest BCUT2D eigenvalue weighted by molar-refractivity contribution is -0.168. The number of carboxylic acids is 1. The summed E-state index contributed by atoms with van der Waals surface area (Å²) in [6.45, 7) is 1.61. The van der Waals surface area contributed by atoms with Crippen LogP contribution in [0.15, 0.2) is 41.6 Å². The summed E-state index contributed by atoms with van der Waals surface area (Å²) in [5.41, 5.74) is 1.63. The van der Waals surface area contributed by atoms with Crippen LogP contribution < -0.4 is 0 Å². The first-order chi connectivity index (χ1) is 11.6. The van der Waals surface area contributed by atoms with Crippen molar-refractivity contribution >= 4 is 11.7 Å². The first kappa shape index (κ1) is 17.5. The van der Waals surface area contributed by atoms with E-state index in [1.165, 1.54) is 24.9 Å². The molecule has 25 heavy (non-hydrogen) atoms.